The van der Waals surface area contributed by atoms with E-state index in [1.807, 2.05) is 48.5 Å². The Labute approximate surface area is 118 Å². The van der Waals surface area contributed by atoms with E-state index in [4.69, 9.17) is 0 Å². The first-order valence-electron chi connectivity index (χ1n) is 6.72. The fraction of sp³-hybridized carbons (Fsp3) is 0.167. The fourth-order valence-electron chi connectivity index (χ4n) is 2.45. The van der Waals surface area contributed by atoms with Crippen molar-refractivity contribution in [3.63, 3.8) is 0 Å². The summed E-state index contributed by atoms with van der Waals surface area (Å²) in [4.78, 5) is 4.45. The van der Waals surface area contributed by atoms with Crippen LogP contribution in [-0.2, 0) is 5.60 Å². The van der Waals surface area contributed by atoms with E-state index in [1.165, 1.54) is 5.56 Å². The SMILES string of the molecule is Cc1ccc2ncc(C(C)(O)c3ccccc3)cc2c1. The molecule has 0 spiro atoms. The molecule has 0 fully saturated rings. The summed E-state index contributed by atoms with van der Waals surface area (Å²) in [6.45, 7) is 3.86. The van der Waals surface area contributed by atoms with Crippen LogP contribution in [0.4, 0.5) is 0 Å². The first kappa shape index (κ1) is 12.8. The molecule has 2 heteroatoms. The van der Waals surface area contributed by atoms with Gasteiger partial charge in [0.1, 0.15) is 5.60 Å². The van der Waals surface area contributed by atoms with Gasteiger partial charge in [-0.05, 0) is 37.6 Å². The standard InChI is InChI=1S/C18H17NO/c1-13-8-9-17-14(10-13)11-16(12-19-17)18(2,20)15-6-4-3-5-7-15/h3-12,20H,1-2H3. The molecule has 0 radical (unpaired) electrons. The Hall–Kier alpha value is -2.19. The fourth-order valence-corrected chi connectivity index (χ4v) is 2.45. The third-order valence-corrected chi connectivity index (χ3v) is 3.73. The van der Waals surface area contributed by atoms with Crippen molar-refractivity contribution in [3.8, 4) is 0 Å². The van der Waals surface area contributed by atoms with Gasteiger partial charge in [-0.15, -0.1) is 0 Å². The lowest BCUT2D eigenvalue weighted by molar-refractivity contribution is 0.102. The van der Waals surface area contributed by atoms with Gasteiger partial charge in [-0.2, -0.15) is 0 Å². The van der Waals surface area contributed by atoms with Crippen LogP contribution in [0.15, 0.2) is 60.8 Å². The van der Waals surface area contributed by atoms with Crippen LogP contribution in [0.3, 0.4) is 0 Å². The zero-order valence-corrected chi connectivity index (χ0v) is 11.7. The van der Waals surface area contributed by atoms with Gasteiger partial charge < -0.3 is 5.11 Å². The molecule has 0 amide bonds. The van der Waals surface area contributed by atoms with Crippen LogP contribution < -0.4 is 0 Å². The van der Waals surface area contributed by atoms with Gasteiger partial charge in [-0.25, -0.2) is 0 Å². The second kappa shape index (κ2) is 4.73. The first-order valence-corrected chi connectivity index (χ1v) is 6.72. The summed E-state index contributed by atoms with van der Waals surface area (Å²) in [6, 6.07) is 17.8. The van der Waals surface area contributed by atoms with E-state index in [-0.39, 0.29) is 0 Å². The summed E-state index contributed by atoms with van der Waals surface area (Å²) < 4.78 is 0. The maximum absolute atomic E-state index is 10.8. The summed E-state index contributed by atoms with van der Waals surface area (Å²) in [7, 11) is 0. The molecule has 0 aliphatic rings. The van der Waals surface area contributed by atoms with Gasteiger partial charge in [-0.3, -0.25) is 4.98 Å². The largest absolute Gasteiger partial charge is 0.381 e. The highest BCUT2D eigenvalue weighted by molar-refractivity contribution is 5.80. The molecule has 3 rings (SSSR count). The van der Waals surface area contributed by atoms with Crippen LogP contribution in [0.25, 0.3) is 10.9 Å². The van der Waals surface area contributed by atoms with Crippen LogP contribution in [-0.4, -0.2) is 10.1 Å². The average molecular weight is 263 g/mol. The molecule has 0 bridgehead atoms. The highest BCUT2D eigenvalue weighted by Gasteiger charge is 2.25. The van der Waals surface area contributed by atoms with Gasteiger partial charge in [0, 0.05) is 17.1 Å². The van der Waals surface area contributed by atoms with Crippen LogP contribution >= 0.6 is 0 Å². The summed E-state index contributed by atoms with van der Waals surface area (Å²) in [5.41, 5.74) is 2.78. The first-order chi connectivity index (χ1) is 9.57. The maximum Gasteiger partial charge on any atom is 0.113 e. The molecule has 1 aromatic heterocycles. The van der Waals surface area contributed by atoms with Crippen LogP contribution in [0.2, 0.25) is 0 Å². The number of pyridine rings is 1. The summed E-state index contributed by atoms with van der Waals surface area (Å²) in [5, 5.41) is 11.9. The predicted octanol–water partition coefficient (Wildman–Crippen LogP) is 3.80. The Morgan fingerprint density at radius 1 is 0.950 bits per heavy atom. The van der Waals surface area contributed by atoms with E-state index in [1.54, 1.807) is 13.1 Å². The van der Waals surface area contributed by atoms with Crippen molar-refractivity contribution >= 4 is 10.9 Å². The maximum atomic E-state index is 10.8. The molecule has 0 saturated carbocycles. The van der Waals surface area contributed by atoms with E-state index in [0.717, 1.165) is 22.0 Å². The highest BCUT2D eigenvalue weighted by Crippen LogP contribution is 2.30. The quantitative estimate of drug-likeness (QED) is 0.763. The highest BCUT2D eigenvalue weighted by atomic mass is 16.3. The molecule has 2 nitrogen and oxygen atoms in total. The number of benzene rings is 2. The van der Waals surface area contributed by atoms with Crippen LogP contribution in [0, 0.1) is 6.92 Å². The molecule has 2 aromatic carbocycles. The Morgan fingerprint density at radius 2 is 1.70 bits per heavy atom. The number of aryl methyl sites for hydroxylation is 1. The van der Waals surface area contributed by atoms with E-state index in [2.05, 4.69) is 18.0 Å². The molecule has 0 aliphatic heterocycles. The van der Waals surface area contributed by atoms with E-state index < -0.39 is 5.60 Å². The van der Waals surface area contributed by atoms with Gasteiger partial charge >= 0.3 is 0 Å². The van der Waals surface area contributed by atoms with Crippen molar-refractivity contribution in [2.24, 2.45) is 0 Å². The third-order valence-electron chi connectivity index (χ3n) is 3.73. The Morgan fingerprint density at radius 3 is 2.45 bits per heavy atom. The molecular weight excluding hydrogens is 246 g/mol. The molecule has 1 atom stereocenters. The lowest BCUT2D eigenvalue weighted by Gasteiger charge is -2.24. The number of hydrogen-bond acceptors (Lipinski definition) is 2. The number of nitrogens with zero attached hydrogens (tertiary/aromatic N) is 1. The lowest BCUT2D eigenvalue weighted by Crippen LogP contribution is -2.22. The third kappa shape index (κ3) is 2.19. The molecule has 3 aromatic rings. The number of hydrogen-bond donors (Lipinski definition) is 1. The van der Waals surface area contributed by atoms with Crippen molar-refractivity contribution in [2.75, 3.05) is 0 Å². The van der Waals surface area contributed by atoms with Crippen molar-refractivity contribution in [3.05, 3.63) is 77.5 Å². The Bertz CT molecular complexity index is 748. The molecule has 0 aliphatic carbocycles. The second-order valence-electron chi connectivity index (χ2n) is 5.36. The van der Waals surface area contributed by atoms with Crippen molar-refractivity contribution in [2.45, 2.75) is 19.4 Å². The monoisotopic (exact) mass is 263 g/mol. The average Bonchev–Trinajstić information content (AvgIpc) is 2.47. The number of rotatable bonds is 2. The molecular formula is C18H17NO. The number of aromatic nitrogens is 1. The molecule has 0 saturated heterocycles. The molecule has 1 N–H and O–H groups in total. The molecule has 20 heavy (non-hydrogen) atoms. The molecule has 1 heterocycles. The number of fused-ring (bicyclic) bond motifs is 1. The van der Waals surface area contributed by atoms with Crippen molar-refractivity contribution in [1.29, 1.82) is 0 Å². The topological polar surface area (TPSA) is 33.1 Å². The smallest absolute Gasteiger partial charge is 0.113 e. The minimum atomic E-state index is -1.04. The van der Waals surface area contributed by atoms with E-state index in [9.17, 15) is 5.11 Å². The Kier molecular flexibility index (Phi) is 3.03. The summed E-state index contributed by atoms with van der Waals surface area (Å²) >= 11 is 0. The van der Waals surface area contributed by atoms with Crippen LogP contribution in [0.5, 0.6) is 0 Å². The van der Waals surface area contributed by atoms with E-state index >= 15 is 0 Å². The zero-order chi connectivity index (χ0) is 14.2. The minimum absolute atomic E-state index is 0.807. The Balaban J connectivity index is 2.14. The summed E-state index contributed by atoms with van der Waals surface area (Å²) in [5.74, 6) is 0. The van der Waals surface area contributed by atoms with E-state index in [0.29, 0.717) is 0 Å². The van der Waals surface area contributed by atoms with Crippen molar-refractivity contribution < 1.29 is 5.11 Å². The van der Waals surface area contributed by atoms with Crippen LogP contribution in [0.1, 0.15) is 23.6 Å². The molecule has 100 valence electrons. The predicted molar refractivity (Wildman–Crippen MR) is 81.6 cm³/mol. The second-order valence-corrected chi connectivity index (χ2v) is 5.36. The normalized spacial score (nSPS) is 14.2. The van der Waals surface area contributed by atoms with Gasteiger partial charge in [0.25, 0.3) is 0 Å². The molecule has 1 unspecified atom stereocenters. The van der Waals surface area contributed by atoms with Gasteiger partial charge in [-0.1, -0.05) is 42.0 Å². The number of aliphatic hydroxyl groups is 1. The van der Waals surface area contributed by atoms with Crippen molar-refractivity contribution in [1.82, 2.24) is 4.98 Å². The zero-order valence-electron chi connectivity index (χ0n) is 11.7. The minimum Gasteiger partial charge on any atom is -0.381 e. The van der Waals surface area contributed by atoms with Gasteiger partial charge in [0.2, 0.25) is 0 Å². The van der Waals surface area contributed by atoms with Gasteiger partial charge in [0.05, 0.1) is 5.52 Å². The van der Waals surface area contributed by atoms with Gasteiger partial charge in [0.15, 0.2) is 0 Å². The summed E-state index contributed by atoms with van der Waals surface area (Å²) in [6.07, 6.45) is 1.75. The lowest BCUT2D eigenvalue weighted by atomic mass is 9.88.